The van der Waals surface area contributed by atoms with Crippen molar-refractivity contribution in [2.75, 3.05) is 30.8 Å². The number of amides is 2. The maximum Gasteiger partial charge on any atom is 0.242 e. The zero-order chi connectivity index (χ0) is 26.7. The van der Waals surface area contributed by atoms with Crippen LogP contribution in [0.5, 0.6) is 5.75 Å². The Labute approximate surface area is 215 Å². The van der Waals surface area contributed by atoms with Gasteiger partial charge in [-0.05, 0) is 50.8 Å². The molecule has 0 saturated carbocycles. The zero-order valence-corrected chi connectivity index (χ0v) is 22.8. The third-order valence-corrected chi connectivity index (χ3v) is 6.99. The molecule has 198 valence electrons. The molecule has 2 aromatic carbocycles. The molecule has 1 N–H and O–H groups in total. The van der Waals surface area contributed by atoms with Gasteiger partial charge in [0.25, 0.3) is 0 Å². The summed E-state index contributed by atoms with van der Waals surface area (Å²) in [5.41, 5.74) is 1.51. The molecule has 0 fully saturated rings. The minimum Gasteiger partial charge on any atom is -0.495 e. The van der Waals surface area contributed by atoms with E-state index in [1.54, 1.807) is 29.2 Å². The lowest BCUT2D eigenvalue weighted by molar-refractivity contribution is -0.141. The lowest BCUT2D eigenvalue weighted by atomic mass is 10.1. The number of anilines is 1. The fourth-order valence-corrected chi connectivity index (χ4v) is 5.06. The molecule has 9 heteroatoms. The van der Waals surface area contributed by atoms with Gasteiger partial charge in [-0.25, -0.2) is 8.42 Å². The van der Waals surface area contributed by atoms with Gasteiger partial charge >= 0.3 is 0 Å². The Morgan fingerprint density at radius 3 is 2.22 bits per heavy atom. The fraction of sp³-hybridized carbons (Fsp3) is 0.481. The highest BCUT2D eigenvalue weighted by molar-refractivity contribution is 7.92. The molecule has 0 aromatic heterocycles. The molecule has 2 aromatic rings. The van der Waals surface area contributed by atoms with E-state index >= 15 is 0 Å². The van der Waals surface area contributed by atoms with Gasteiger partial charge in [0.1, 0.15) is 11.8 Å². The van der Waals surface area contributed by atoms with Crippen molar-refractivity contribution in [2.24, 2.45) is 0 Å². The van der Waals surface area contributed by atoms with Crippen LogP contribution in [0.2, 0.25) is 0 Å². The van der Waals surface area contributed by atoms with Crippen molar-refractivity contribution in [3.8, 4) is 5.75 Å². The van der Waals surface area contributed by atoms with E-state index in [0.717, 1.165) is 11.8 Å². The number of nitrogens with one attached hydrogen (secondary N) is 1. The Morgan fingerprint density at radius 1 is 1.00 bits per heavy atom. The molecule has 0 spiro atoms. The molecule has 0 heterocycles. The van der Waals surface area contributed by atoms with Gasteiger partial charge in [0.15, 0.2) is 0 Å². The van der Waals surface area contributed by atoms with Gasteiger partial charge in [0.05, 0.1) is 19.1 Å². The summed E-state index contributed by atoms with van der Waals surface area (Å²) in [6, 6.07) is 16.1. The van der Waals surface area contributed by atoms with Gasteiger partial charge < -0.3 is 15.0 Å². The van der Waals surface area contributed by atoms with Crippen LogP contribution in [0.25, 0.3) is 0 Å². The van der Waals surface area contributed by atoms with E-state index in [-0.39, 0.29) is 30.8 Å². The number of benzene rings is 2. The Bertz CT molecular complexity index is 1090. The lowest BCUT2D eigenvalue weighted by Gasteiger charge is -2.31. The number of methoxy groups -OCH3 is 1. The van der Waals surface area contributed by atoms with Gasteiger partial charge in [-0.2, -0.15) is 0 Å². The summed E-state index contributed by atoms with van der Waals surface area (Å²) in [7, 11) is -2.11. The van der Waals surface area contributed by atoms with Crippen LogP contribution < -0.4 is 14.4 Å². The zero-order valence-electron chi connectivity index (χ0n) is 21.9. The summed E-state index contributed by atoms with van der Waals surface area (Å²) in [5.74, 6) is 0.0843. The molecular formula is C27H39N3O5S. The van der Waals surface area contributed by atoms with E-state index < -0.39 is 16.1 Å². The van der Waals surface area contributed by atoms with Crippen molar-refractivity contribution in [1.29, 1.82) is 0 Å². The largest absolute Gasteiger partial charge is 0.495 e. The first-order chi connectivity index (χ1) is 17.1. The molecule has 2 rings (SSSR count). The maximum absolute atomic E-state index is 13.4. The second-order valence-corrected chi connectivity index (χ2v) is 10.9. The summed E-state index contributed by atoms with van der Waals surface area (Å²) >= 11 is 0. The SMILES string of the molecule is CCC(C(=O)NC(C)C)N(CCc1ccccc1)C(=O)CCCN(c1ccccc1OC)S(C)(=O)=O. The highest BCUT2D eigenvalue weighted by Crippen LogP contribution is 2.29. The van der Waals surface area contributed by atoms with Crippen molar-refractivity contribution in [3.05, 3.63) is 60.2 Å². The van der Waals surface area contributed by atoms with E-state index in [1.165, 1.54) is 11.4 Å². The average molecular weight is 518 g/mol. The minimum atomic E-state index is -3.60. The monoisotopic (exact) mass is 517 g/mol. The molecule has 1 atom stereocenters. The number of hydrogen-bond acceptors (Lipinski definition) is 5. The predicted molar refractivity (Wildman–Crippen MR) is 144 cm³/mol. The van der Waals surface area contributed by atoms with Crippen molar-refractivity contribution in [3.63, 3.8) is 0 Å². The fourth-order valence-electron chi connectivity index (χ4n) is 4.09. The Kier molecular flexibility index (Phi) is 11.2. The number of carbonyl (C=O) groups is 2. The third-order valence-electron chi connectivity index (χ3n) is 5.81. The quantitative estimate of drug-likeness (QED) is 0.413. The standard InChI is InChI=1S/C27H39N3O5S/c1-6-23(27(32)28-21(2)3)29(20-18-22-13-8-7-9-14-22)26(31)17-12-19-30(36(5,33)34)24-15-10-11-16-25(24)35-4/h7-11,13-16,21,23H,6,12,17-20H2,1-5H3,(H,28,32). The maximum atomic E-state index is 13.4. The number of ether oxygens (including phenoxy) is 1. The molecule has 1 unspecified atom stereocenters. The van der Waals surface area contributed by atoms with Crippen LogP contribution in [0.15, 0.2) is 54.6 Å². The van der Waals surface area contributed by atoms with Crippen LogP contribution in [-0.2, 0) is 26.0 Å². The highest BCUT2D eigenvalue weighted by Gasteiger charge is 2.29. The van der Waals surface area contributed by atoms with Crippen molar-refractivity contribution in [1.82, 2.24) is 10.2 Å². The van der Waals surface area contributed by atoms with Crippen LogP contribution in [0.4, 0.5) is 5.69 Å². The summed E-state index contributed by atoms with van der Waals surface area (Å²) < 4.78 is 31.7. The first kappa shape index (κ1) is 29.2. The molecule has 36 heavy (non-hydrogen) atoms. The Hall–Kier alpha value is -3.07. The molecule has 0 radical (unpaired) electrons. The van der Waals surface area contributed by atoms with Gasteiger partial charge in [0, 0.05) is 25.6 Å². The number of rotatable bonds is 14. The summed E-state index contributed by atoms with van der Waals surface area (Å²) in [6.07, 6.45) is 2.65. The topological polar surface area (TPSA) is 96.0 Å². The Morgan fingerprint density at radius 2 is 1.64 bits per heavy atom. The molecule has 8 nitrogen and oxygen atoms in total. The van der Waals surface area contributed by atoms with Gasteiger partial charge in [-0.1, -0.05) is 49.4 Å². The second kappa shape index (κ2) is 13.9. The van der Waals surface area contributed by atoms with E-state index in [0.29, 0.717) is 37.2 Å². The van der Waals surface area contributed by atoms with Crippen molar-refractivity contribution >= 4 is 27.5 Å². The van der Waals surface area contributed by atoms with E-state index in [9.17, 15) is 18.0 Å². The van der Waals surface area contributed by atoms with Crippen LogP contribution >= 0.6 is 0 Å². The van der Waals surface area contributed by atoms with Crippen molar-refractivity contribution < 1.29 is 22.7 Å². The average Bonchev–Trinajstić information content (AvgIpc) is 2.83. The van der Waals surface area contributed by atoms with Gasteiger partial charge in [-0.3, -0.25) is 13.9 Å². The lowest BCUT2D eigenvalue weighted by Crippen LogP contribution is -2.51. The first-order valence-corrected chi connectivity index (χ1v) is 14.2. The second-order valence-electron chi connectivity index (χ2n) is 9.02. The summed E-state index contributed by atoms with van der Waals surface area (Å²) in [4.78, 5) is 27.9. The number of sulfonamides is 1. The molecule has 0 aliphatic heterocycles. The van der Waals surface area contributed by atoms with E-state index in [2.05, 4.69) is 5.32 Å². The third kappa shape index (κ3) is 8.55. The van der Waals surface area contributed by atoms with Gasteiger partial charge in [-0.15, -0.1) is 0 Å². The van der Waals surface area contributed by atoms with Gasteiger partial charge in [0.2, 0.25) is 21.8 Å². The number of hydrogen-bond donors (Lipinski definition) is 1. The molecule has 0 saturated heterocycles. The first-order valence-electron chi connectivity index (χ1n) is 12.3. The van der Waals surface area contributed by atoms with Crippen LogP contribution in [-0.4, -0.2) is 63.7 Å². The minimum absolute atomic E-state index is 0.0400. The number of para-hydroxylation sites is 2. The normalized spacial score (nSPS) is 12.2. The van der Waals surface area contributed by atoms with Crippen LogP contribution in [0, 0.1) is 0 Å². The number of nitrogens with zero attached hydrogens (tertiary/aromatic N) is 2. The van der Waals surface area contributed by atoms with Crippen LogP contribution in [0.1, 0.15) is 45.6 Å². The smallest absolute Gasteiger partial charge is 0.242 e. The predicted octanol–water partition coefficient (Wildman–Crippen LogP) is 3.62. The summed E-state index contributed by atoms with van der Waals surface area (Å²) in [5, 5.41) is 2.92. The van der Waals surface area contributed by atoms with E-state index in [4.69, 9.17) is 4.74 Å². The summed E-state index contributed by atoms with van der Waals surface area (Å²) in [6.45, 7) is 6.18. The molecular weight excluding hydrogens is 478 g/mol. The van der Waals surface area contributed by atoms with Crippen LogP contribution in [0.3, 0.4) is 0 Å². The molecule has 0 aliphatic carbocycles. The Balaban J connectivity index is 2.18. The molecule has 0 aliphatic rings. The van der Waals surface area contributed by atoms with Crippen molar-refractivity contribution in [2.45, 2.75) is 58.5 Å². The molecule has 2 amide bonds. The molecule has 0 bridgehead atoms. The number of carbonyl (C=O) groups excluding carboxylic acids is 2. The highest BCUT2D eigenvalue weighted by atomic mass is 32.2. The van der Waals surface area contributed by atoms with E-state index in [1.807, 2.05) is 51.1 Å².